The van der Waals surface area contributed by atoms with Crippen molar-refractivity contribution in [3.05, 3.63) is 36.5 Å². The van der Waals surface area contributed by atoms with Gasteiger partial charge in [-0.2, -0.15) is 0 Å². The number of hydrogen-bond acceptors (Lipinski definition) is 3. The molecule has 1 aliphatic carbocycles. The summed E-state index contributed by atoms with van der Waals surface area (Å²) < 4.78 is 0. The third-order valence-corrected chi connectivity index (χ3v) is 2.49. The van der Waals surface area contributed by atoms with Crippen LogP contribution in [0.1, 0.15) is 28.9 Å². The topological polar surface area (TPSA) is 62.2 Å². The van der Waals surface area contributed by atoms with Crippen LogP contribution in [0.5, 0.6) is 0 Å². The molecule has 1 amide bonds. The molecule has 0 bridgehead atoms. The average Bonchev–Trinajstić information content (AvgIpc) is 2.95. The predicted octanol–water partition coefficient (Wildman–Crippen LogP) is 0.518. The van der Waals surface area contributed by atoms with Crippen LogP contribution in [0.25, 0.3) is 0 Å². The van der Waals surface area contributed by atoms with Crippen LogP contribution in [0.4, 0.5) is 0 Å². The first-order valence-corrected chi connectivity index (χ1v) is 4.88. The molecule has 4 nitrogen and oxygen atoms in total. The van der Waals surface area contributed by atoms with E-state index in [1.54, 1.807) is 12.1 Å². The third-order valence-electron chi connectivity index (χ3n) is 2.49. The highest BCUT2D eigenvalue weighted by Crippen LogP contribution is 2.33. The zero-order valence-electron chi connectivity index (χ0n) is 8.36. The van der Waals surface area contributed by atoms with E-state index in [1.807, 2.05) is 0 Å². The highest BCUT2D eigenvalue weighted by molar-refractivity contribution is 5.93. The van der Waals surface area contributed by atoms with Crippen molar-refractivity contribution in [1.82, 2.24) is 10.3 Å². The van der Waals surface area contributed by atoms with E-state index in [-0.39, 0.29) is 5.91 Å². The SMILES string of the molecule is [CH2]c1ccc(C(=O)NCC2(O)CC2)cn1. The van der Waals surface area contributed by atoms with Crippen LogP contribution in [0.15, 0.2) is 18.3 Å². The Kier molecular flexibility index (Phi) is 2.44. The molecule has 2 N–H and O–H groups in total. The van der Waals surface area contributed by atoms with Crippen LogP contribution < -0.4 is 5.32 Å². The normalized spacial score (nSPS) is 17.2. The molecule has 79 valence electrons. The van der Waals surface area contributed by atoms with Crippen molar-refractivity contribution in [3.8, 4) is 0 Å². The number of nitrogens with zero attached hydrogens (tertiary/aromatic N) is 1. The second-order valence-corrected chi connectivity index (χ2v) is 3.95. The summed E-state index contributed by atoms with van der Waals surface area (Å²) in [5.41, 5.74) is 0.467. The average molecular weight is 205 g/mol. The number of carbonyl (C=O) groups is 1. The fourth-order valence-electron chi connectivity index (χ4n) is 1.23. The molecular weight excluding hydrogens is 192 g/mol. The minimum Gasteiger partial charge on any atom is -0.388 e. The molecule has 0 aromatic carbocycles. The lowest BCUT2D eigenvalue weighted by atomic mass is 10.2. The van der Waals surface area contributed by atoms with E-state index >= 15 is 0 Å². The van der Waals surface area contributed by atoms with Crippen LogP contribution in [0.3, 0.4) is 0 Å². The van der Waals surface area contributed by atoms with Gasteiger partial charge in [-0.1, -0.05) is 0 Å². The molecule has 1 aliphatic rings. The second kappa shape index (κ2) is 3.62. The molecule has 0 atom stereocenters. The number of pyridine rings is 1. The molecule has 1 saturated carbocycles. The first-order chi connectivity index (χ1) is 7.09. The van der Waals surface area contributed by atoms with E-state index in [0.29, 0.717) is 17.8 Å². The van der Waals surface area contributed by atoms with Crippen LogP contribution in [0, 0.1) is 6.92 Å². The maximum atomic E-state index is 11.5. The van der Waals surface area contributed by atoms with Gasteiger partial charge in [0, 0.05) is 18.4 Å². The van der Waals surface area contributed by atoms with Crippen molar-refractivity contribution in [2.24, 2.45) is 0 Å². The van der Waals surface area contributed by atoms with Gasteiger partial charge in [-0.05, 0) is 31.9 Å². The summed E-state index contributed by atoms with van der Waals surface area (Å²) in [7, 11) is 0. The number of aliphatic hydroxyl groups is 1. The molecule has 4 heteroatoms. The Labute approximate surface area is 88.3 Å². The van der Waals surface area contributed by atoms with Crippen molar-refractivity contribution in [3.63, 3.8) is 0 Å². The summed E-state index contributed by atoms with van der Waals surface area (Å²) in [4.78, 5) is 15.5. The molecule has 1 radical (unpaired) electrons. The Bertz CT molecular complexity index is 369. The maximum absolute atomic E-state index is 11.5. The van der Waals surface area contributed by atoms with Gasteiger partial charge >= 0.3 is 0 Å². The van der Waals surface area contributed by atoms with Crippen molar-refractivity contribution in [1.29, 1.82) is 0 Å². The summed E-state index contributed by atoms with van der Waals surface area (Å²) >= 11 is 0. The van der Waals surface area contributed by atoms with E-state index in [2.05, 4.69) is 17.2 Å². The minimum atomic E-state index is -0.657. The summed E-state index contributed by atoms with van der Waals surface area (Å²) in [6.07, 6.45) is 3.02. The van der Waals surface area contributed by atoms with Gasteiger partial charge in [-0.3, -0.25) is 9.78 Å². The Balaban J connectivity index is 1.92. The van der Waals surface area contributed by atoms with Crippen LogP contribution in [0.2, 0.25) is 0 Å². The molecule has 2 rings (SSSR count). The monoisotopic (exact) mass is 205 g/mol. The molecule has 0 spiro atoms. The second-order valence-electron chi connectivity index (χ2n) is 3.95. The zero-order valence-corrected chi connectivity index (χ0v) is 8.36. The van der Waals surface area contributed by atoms with E-state index in [0.717, 1.165) is 12.8 Å². The van der Waals surface area contributed by atoms with Crippen LogP contribution >= 0.6 is 0 Å². The van der Waals surface area contributed by atoms with Gasteiger partial charge in [0.2, 0.25) is 0 Å². The minimum absolute atomic E-state index is 0.206. The molecular formula is C11H13N2O2. The van der Waals surface area contributed by atoms with E-state index in [9.17, 15) is 9.90 Å². The third kappa shape index (κ3) is 2.53. The van der Waals surface area contributed by atoms with Gasteiger partial charge in [-0.15, -0.1) is 0 Å². The zero-order chi connectivity index (χ0) is 10.9. The fraction of sp³-hybridized carbons (Fsp3) is 0.364. The standard InChI is InChI=1S/C11H13N2O2/c1-8-2-3-9(6-12-8)10(14)13-7-11(15)4-5-11/h2-3,6,15H,1,4-5,7H2,(H,13,14). The fourth-order valence-corrected chi connectivity index (χ4v) is 1.23. The number of carbonyl (C=O) groups excluding carboxylic acids is 1. The number of amides is 1. The number of rotatable bonds is 3. The van der Waals surface area contributed by atoms with Crippen LogP contribution in [-0.4, -0.2) is 28.1 Å². The lowest BCUT2D eigenvalue weighted by Crippen LogP contribution is -2.33. The maximum Gasteiger partial charge on any atom is 0.252 e. The summed E-state index contributed by atoms with van der Waals surface area (Å²) in [5, 5.41) is 12.2. The molecule has 1 aromatic heterocycles. The quantitative estimate of drug-likeness (QED) is 0.756. The Morgan fingerprint density at radius 1 is 1.60 bits per heavy atom. The Morgan fingerprint density at radius 3 is 2.87 bits per heavy atom. The van der Waals surface area contributed by atoms with Crippen molar-refractivity contribution in [2.75, 3.05) is 6.54 Å². The molecule has 0 saturated heterocycles. The number of hydrogen-bond donors (Lipinski definition) is 2. The molecule has 15 heavy (non-hydrogen) atoms. The summed E-state index contributed by atoms with van der Waals surface area (Å²) in [6.45, 7) is 3.95. The number of nitrogens with one attached hydrogen (secondary N) is 1. The predicted molar refractivity (Wildman–Crippen MR) is 55.2 cm³/mol. The molecule has 0 aliphatic heterocycles. The van der Waals surface area contributed by atoms with Crippen molar-refractivity contribution in [2.45, 2.75) is 18.4 Å². The largest absolute Gasteiger partial charge is 0.388 e. The van der Waals surface area contributed by atoms with Gasteiger partial charge in [0.1, 0.15) is 0 Å². The van der Waals surface area contributed by atoms with Crippen molar-refractivity contribution >= 4 is 5.91 Å². The molecule has 1 aromatic rings. The highest BCUT2D eigenvalue weighted by atomic mass is 16.3. The van der Waals surface area contributed by atoms with Crippen LogP contribution in [-0.2, 0) is 0 Å². The number of aromatic nitrogens is 1. The first-order valence-electron chi connectivity index (χ1n) is 4.88. The van der Waals surface area contributed by atoms with Gasteiger partial charge in [0.15, 0.2) is 0 Å². The van der Waals surface area contributed by atoms with E-state index < -0.39 is 5.60 Å². The lowest BCUT2D eigenvalue weighted by Gasteiger charge is -2.09. The molecule has 0 unspecified atom stereocenters. The van der Waals surface area contributed by atoms with Gasteiger partial charge in [0.05, 0.1) is 11.2 Å². The Hall–Kier alpha value is -1.42. The smallest absolute Gasteiger partial charge is 0.252 e. The lowest BCUT2D eigenvalue weighted by molar-refractivity contribution is 0.0896. The van der Waals surface area contributed by atoms with Gasteiger partial charge in [-0.25, -0.2) is 0 Å². The Morgan fingerprint density at radius 2 is 2.33 bits per heavy atom. The highest BCUT2D eigenvalue weighted by Gasteiger charge is 2.40. The molecule has 1 heterocycles. The van der Waals surface area contributed by atoms with Crippen molar-refractivity contribution < 1.29 is 9.90 Å². The summed E-state index contributed by atoms with van der Waals surface area (Å²) in [5.74, 6) is -0.206. The van der Waals surface area contributed by atoms with E-state index in [4.69, 9.17) is 0 Å². The van der Waals surface area contributed by atoms with Gasteiger partial charge in [0.25, 0.3) is 5.91 Å². The summed E-state index contributed by atoms with van der Waals surface area (Å²) in [6, 6.07) is 3.35. The van der Waals surface area contributed by atoms with E-state index in [1.165, 1.54) is 6.20 Å². The molecule has 1 fully saturated rings. The van der Waals surface area contributed by atoms with Gasteiger partial charge < -0.3 is 10.4 Å². The first kappa shape index (κ1) is 10.1.